The predicted octanol–water partition coefficient (Wildman–Crippen LogP) is 4.06. The molecular formula is C17H24O3. The molecule has 0 aliphatic heterocycles. The molecule has 110 valence electrons. The zero-order chi connectivity index (χ0) is 14.7. The first-order valence-electron chi connectivity index (χ1n) is 7.43. The van der Waals surface area contributed by atoms with Crippen LogP contribution in [-0.4, -0.2) is 17.7 Å². The van der Waals surface area contributed by atoms with E-state index in [1.54, 1.807) is 0 Å². The summed E-state index contributed by atoms with van der Waals surface area (Å²) >= 11 is 0. The van der Waals surface area contributed by atoms with E-state index in [1.807, 2.05) is 13.8 Å². The highest BCUT2D eigenvalue weighted by Gasteiger charge is 2.21. The Morgan fingerprint density at radius 1 is 1.30 bits per heavy atom. The molecule has 2 rings (SSSR count). The normalized spacial score (nSPS) is 22.6. The second-order valence-electron chi connectivity index (χ2n) is 6.13. The first-order chi connectivity index (χ1) is 9.47. The lowest BCUT2D eigenvalue weighted by atomic mass is 9.78. The molecule has 3 heteroatoms. The zero-order valence-electron chi connectivity index (χ0n) is 12.6. The van der Waals surface area contributed by atoms with Gasteiger partial charge in [-0.2, -0.15) is 0 Å². The summed E-state index contributed by atoms with van der Waals surface area (Å²) in [7, 11) is 0. The van der Waals surface area contributed by atoms with E-state index < -0.39 is 5.97 Å². The van der Waals surface area contributed by atoms with Crippen molar-refractivity contribution in [3.63, 3.8) is 0 Å². The van der Waals surface area contributed by atoms with E-state index in [9.17, 15) is 4.79 Å². The highest BCUT2D eigenvalue weighted by atomic mass is 16.5. The maximum absolute atomic E-state index is 10.6. The number of carboxylic acid groups (broad SMARTS) is 1. The van der Waals surface area contributed by atoms with Crippen LogP contribution in [0.25, 0.3) is 0 Å². The first kappa shape index (κ1) is 14.9. The van der Waals surface area contributed by atoms with Gasteiger partial charge in [-0.15, -0.1) is 0 Å². The Bertz CT molecular complexity index is 470. The minimum absolute atomic E-state index is 0.276. The number of aryl methyl sites for hydroxylation is 2. The van der Waals surface area contributed by atoms with Crippen LogP contribution in [0, 0.1) is 19.8 Å². The van der Waals surface area contributed by atoms with Crippen molar-refractivity contribution >= 4 is 5.97 Å². The van der Waals surface area contributed by atoms with Crippen molar-refractivity contribution < 1.29 is 14.6 Å². The van der Waals surface area contributed by atoms with Crippen LogP contribution in [0.2, 0.25) is 0 Å². The molecule has 1 N–H and O–H groups in total. The smallest absolute Gasteiger partial charge is 0.341 e. The summed E-state index contributed by atoms with van der Waals surface area (Å²) < 4.78 is 5.39. The standard InChI is InChI=1S/C17H24O3/c1-11-5-4-6-14(7-11)15-8-12(2)17(13(3)9-15)20-10-16(18)19/h8-9,11,14H,4-7,10H2,1-3H3,(H,18,19). The Morgan fingerprint density at radius 3 is 2.50 bits per heavy atom. The van der Waals surface area contributed by atoms with Crippen molar-refractivity contribution in [3.8, 4) is 5.75 Å². The summed E-state index contributed by atoms with van der Waals surface area (Å²) in [6, 6.07) is 4.35. The topological polar surface area (TPSA) is 46.5 Å². The molecule has 1 aromatic rings. The number of rotatable bonds is 4. The van der Waals surface area contributed by atoms with Crippen molar-refractivity contribution in [1.29, 1.82) is 0 Å². The molecule has 1 aromatic carbocycles. The summed E-state index contributed by atoms with van der Waals surface area (Å²) in [4.78, 5) is 10.6. The maximum Gasteiger partial charge on any atom is 0.341 e. The van der Waals surface area contributed by atoms with E-state index in [-0.39, 0.29) is 6.61 Å². The van der Waals surface area contributed by atoms with E-state index in [0.29, 0.717) is 5.92 Å². The van der Waals surface area contributed by atoms with Gasteiger partial charge in [0.25, 0.3) is 0 Å². The third-order valence-corrected chi connectivity index (χ3v) is 4.23. The molecule has 20 heavy (non-hydrogen) atoms. The molecule has 0 amide bonds. The SMILES string of the molecule is Cc1cc(C2CCCC(C)C2)cc(C)c1OCC(=O)O. The molecule has 2 unspecified atom stereocenters. The molecule has 0 bridgehead atoms. The monoisotopic (exact) mass is 276 g/mol. The fourth-order valence-corrected chi connectivity index (χ4v) is 3.32. The molecule has 1 aliphatic rings. The van der Waals surface area contributed by atoms with Gasteiger partial charge in [0.2, 0.25) is 0 Å². The number of carbonyl (C=O) groups is 1. The maximum atomic E-state index is 10.6. The molecular weight excluding hydrogens is 252 g/mol. The largest absolute Gasteiger partial charge is 0.481 e. The third kappa shape index (κ3) is 3.53. The number of carboxylic acids is 1. The van der Waals surface area contributed by atoms with Crippen LogP contribution in [-0.2, 0) is 4.79 Å². The average Bonchev–Trinajstić information content (AvgIpc) is 2.37. The van der Waals surface area contributed by atoms with Gasteiger partial charge in [-0.05, 0) is 55.2 Å². The van der Waals surface area contributed by atoms with Crippen LogP contribution in [0.3, 0.4) is 0 Å². The van der Waals surface area contributed by atoms with E-state index >= 15 is 0 Å². The number of hydrogen-bond acceptors (Lipinski definition) is 2. The van der Waals surface area contributed by atoms with Gasteiger partial charge in [-0.1, -0.05) is 31.9 Å². The summed E-state index contributed by atoms with van der Waals surface area (Å²) in [5.41, 5.74) is 3.47. The van der Waals surface area contributed by atoms with Crippen molar-refractivity contribution in [2.24, 2.45) is 5.92 Å². The number of aliphatic carboxylic acids is 1. The van der Waals surface area contributed by atoms with Gasteiger partial charge in [0.15, 0.2) is 6.61 Å². The van der Waals surface area contributed by atoms with Gasteiger partial charge < -0.3 is 9.84 Å². The van der Waals surface area contributed by atoms with Gasteiger partial charge in [0.1, 0.15) is 5.75 Å². The number of hydrogen-bond donors (Lipinski definition) is 1. The highest BCUT2D eigenvalue weighted by Crippen LogP contribution is 2.38. The molecule has 0 aromatic heterocycles. The molecule has 1 aliphatic carbocycles. The average molecular weight is 276 g/mol. The van der Waals surface area contributed by atoms with Crippen LogP contribution >= 0.6 is 0 Å². The molecule has 1 saturated carbocycles. The molecule has 0 spiro atoms. The predicted molar refractivity (Wildman–Crippen MR) is 79.4 cm³/mol. The van der Waals surface area contributed by atoms with Gasteiger partial charge in [-0.3, -0.25) is 0 Å². The number of ether oxygens (including phenoxy) is 1. The van der Waals surface area contributed by atoms with E-state index in [0.717, 1.165) is 22.8 Å². The van der Waals surface area contributed by atoms with Crippen LogP contribution < -0.4 is 4.74 Å². The zero-order valence-corrected chi connectivity index (χ0v) is 12.6. The van der Waals surface area contributed by atoms with Crippen LogP contribution in [0.15, 0.2) is 12.1 Å². The molecule has 0 heterocycles. The fraction of sp³-hybridized carbons (Fsp3) is 0.588. The van der Waals surface area contributed by atoms with Gasteiger partial charge >= 0.3 is 5.97 Å². The minimum Gasteiger partial charge on any atom is -0.481 e. The summed E-state index contributed by atoms with van der Waals surface area (Å²) in [5.74, 6) is 1.23. The third-order valence-electron chi connectivity index (χ3n) is 4.23. The summed E-state index contributed by atoms with van der Waals surface area (Å²) in [6.07, 6.45) is 5.17. The number of benzene rings is 1. The highest BCUT2D eigenvalue weighted by molar-refractivity contribution is 5.68. The molecule has 3 nitrogen and oxygen atoms in total. The Kier molecular flexibility index (Phi) is 4.69. The van der Waals surface area contributed by atoms with Gasteiger partial charge in [0.05, 0.1) is 0 Å². The quantitative estimate of drug-likeness (QED) is 0.902. The van der Waals surface area contributed by atoms with Crippen molar-refractivity contribution in [3.05, 3.63) is 28.8 Å². The second kappa shape index (κ2) is 6.29. The lowest BCUT2D eigenvalue weighted by molar-refractivity contribution is -0.139. The van der Waals surface area contributed by atoms with Crippen molar-refractivity contribution in [2.75, 3.05) is 6.61 Å². The van der Waals surface area contributed by atoms with Crippen molar-refractivity contribution in [1.82, 2.24) is 0 Å². The molecule has 2 atom stereocenters. The molecule has 0 radical (unpaired) electrons. The fourth-order valence-electron chi connectivity index (χ4n) is 3.32. The van der Waals surface area contributed by atoms with E-state index in [4.69, 9.17) is 9.84 Å². The van der Waals surface area contributed by atoms with Crippen LogP contribution in [0.4, 0.5) is 0 Å². The molecule has 1 fully saturated rings. The Balaban J connectivity index is 2.18. The minimum atomic E-state index is -0.936. The first-order valence-corrected chi connectivity index (χ1v) is 7.43. The molecule has 0 saturated heterocycles. The lowest BCUT2D eigenvalue weighted by Crippen LogP contribution is -2.13. The summed E-state index contributed by atoms with van der Waals surface area (Å²) in [5, 5.41) is 8.72. The van der Waals surface area contributed by atoms with Crippen LogP contribution in [0.5, 0.6) is 5.75 Å². The van der Waals surface area contributed by atoms with E-state index in [2.05, 4.69) is 19.1 Å². The lowest BCUT2D eigenvalue weighted by Gasteiger charge is -2.28. The Morgan fingerprint density at radius 2 is 1.95 bits per heavy atom. The van der Waals surface area contributed by atoms with Gasteiger partial charge in [-0.25, -0.2) is 4.79 Å². The Labute approximate surface area is 121 Å². The second-order valence-corrected chi connectivity index (χ2v) is 6.13. The Hall–Kier alpha value is -1.51. The van der Waals surface area contributed by atoms with Crippen molar-refractivity contribution in [2.45, 2.75) is 52.4 Å². The van der Waals surface area contributed by atoms with Gasteiger partial charge in [0, 0.05) is 0 Å². The van der Waals surface area contributed by atoms with E-state index in [1.165, 1.54) is 31.2 Å². The van der Waals surface area contributed by atoms with Crippen LogP contribution in [0.1, 0.15) is 55.2 Å². The summed E-state index contributed by atoms with van der Waals surface area (Å²) in [6.45, 7) is 6.05.